The summed E-state index contributed by atoms with van der Waals surface area (Å²) in [5.41, 5.74) is 2.45. The fourth-order valence-electron chi connectivity index (χ4n) is 2.82. The fourth-order valence-corrected chi connectivity index (χ4v) is 3.83. The van der Waals surface area contributed by atoms with E-state index in [-0.39, 0.29) is 22.2 Å². The second-order valence-corrected chi connectivity index (χ2v) is 8.44. The molecule has 8 heteroatoms. The second kappa shape index (κ2) is 10.8. The van der Waals surface area contributed by atoms with Crippen LogP contribution < -0.4 is 10.1 Å². The highest BCUT2D eigenvalue weighted by atomic mass is 35.5. The van der Waals surface area contributed by atoms with E-state index in [1.54, 1.807) is 49.4 Å². The molecule has 0 aliphatic heterocycles. The number of halogens is 4. The van der Waals surface area contributed by atoms with Gasteiger partial charge in [-0.1, -0.05) is 70.7 Å². The van der Waals surface area contributed by atoms with Crippen molar-refractivity contribution in [3.63, 3.8) is 0 Å². The summed E-state index contributed by atoms with van der Waals surface area (Å²) in [6, 6.07) is 17.4. The maximum Gasteiger partial charge on any atom is 0.266 e. The van der Waals surface area contributed by atoms with Crippen molar-refractivity contribution in [1.29, 1.82) is 5.26 Å². The van der Waals surface area contributed by atoms with Gasteiger partial charge in [0.1, 0.15) is 18.2 Å². The lowest BCUT2D eigenvalue weighted by atomic mass is 10.1. The van der Waals surface area contributed by atoms with Crippen LogP contribution in [0, 0.1) is 18.3 Å². The Labute approximate surface area is 205 Å². The molecule has 0 aliphatic carbocycles. The van der Waals surface area contributed by atoms with Gasteiger partial charge in [0.05, 0.1) is 20.8 Å². The van der Waals surface area contributed by atoms with Crippen LogP contribution in [0.4, 0.5) is 5.69 Å². The molecule has 0 radical (unpaired) electrons. The van der Waals surface area contributed by atoms with Gasteiger partial charge in [0.2, 0.25) is 0 Å². The van der Waals surface area contributed by atoms with E-state index in [0.29, 0.717) is 27.0 Å². The lowest BCUT2D eigenvalue weighted by Gasteiger charge is -2.12. The predicted molar refractivity (Wildman–Crippen MR) is 131 cm³/mol. The molecule has 0 aliphatic rings. The Morgan fingerprint density at radius 1 is 1.03 bits per heavy atom. The van der Waals surface area contributed by atoms with Crippen molar-refractivity contribution in [2.24, 2.45) is 0 Å². The lowest BCUT2D eigenvalue weighted by molar-refractivity contribution is -0.112. The van der Waals surface area contributed by atoms with Crippen LogP contribution >= 0.6 is 46.4 Å². The first-order valence-corrected chi connectivity index (χ1v) is 10.8. The summed E-state index contributed by atoms with van der Waals surface area (Å²) >= 11 is 24.7. The maximum atomic E-state index is 12.6. The van der Waals surface area contributed by atoms with Gasteiger partial charge in [0, 0.05) is 5.02 Å². The number of nitrogens with one attached hydrogen (secondary N) is 1. The quantitative estimate of drug-likeness (QED) is 0.275. The molecule has 3 aromatic rings. The molecule has 1 N–H and O–H groups in total. The van der Waals surface area contributed by atoms with E-state index in [0.717, 1.165) is 11.1 Å². The summed E-state index contributed by atoms with van der Waals surface area (Å²) in [5, 5.41) is 13.7. The van der Waals surface area contributed by atoms with Crippen molar-refractivity contribution in [2.75, 3.05) is 5.32 Å². The van der Waals surface area contributed by atoms with Gasteiger partial charge in [-0.2, -0.15) is 5.26 Å². The Balaban J connectivity index is 1.79. The monoisotopic (exact) mass is 504 g/mol. The van der Waals surface area contributed by atoms with Crippen molar-refractivity contribution in [3.05, 3.63) is 97.0 Å². The molecule has 0 saturated carbocycles. The van der Waals surface area contributed by atoms with E-state index < -0.39 is 5.91 Å². The predicted octanol–water partition coefficient (Wildman–Crippen LogP) is 7.73. The number of benzene rings is 3. The van der Waals surface area contributed by atoms with Gasteiger partial charge in [-0.05, 0) is 60.0 Å². The smallest absolute Gasteiger partial charge is 0.266 e. The summed E-state index contributed by atoms with van der Waals surface area (Å²) in [7, 11) is 0. The molecule has 162 valence electrons. The molecule has 1 amide bonds. The van der Waals surface area contributed by atoms with Crippen LogP contribution in [0.5, 0.6) is 5.75 Å². The van der Waals surface area contributed by atoms with Crippen molar-refractivity contribution in [2.45, 2.75) is 13.5 Å². The number of amides is 1. The standard InChI is InChI=1S/C24H16Cl4N2O2/c1-14-3-2-4-19(26)22(14)30-24(31)17(12-29)9-16-10-20(27)23(21(28)11-16)32-13-15-5-7-18(25)8-6-15/h2-11H,13H2,1H3,(H,30,31)/b17-9+. The normalized spacial score (nSPS) is 11.1. The van der Waals surface area contributed by atoms with Crippen LogP contribution in [-0.4, -0.2) is 5.91 Å². The van der Waals surface area contributed by atoms with E-state index in [1.807, 2.05) is 18.2 Å². The van der Waals surface area contributed by atoms with E-state index in [2.05, 4.69) is 5.32 Å². The molecule has 0 heterocycles. The molecule has 0 fully saturated rings. The zero-order valence-electron chi connectivity index (χ0n) is 16.8. The summed E-state index contributed by atoms with van der Waals surface area (Å²) < 4.78 is 5.75. The largest absolute Gasteiger partial charge is 0.486 e. The molecule has 0 bridgehead atoms. The average Bonchev–Trinajstić information content (AvgIpc) is 2.75. The van der Waals surface area contributed by atoms with Gasteiger partial charge < -0.3 is 10.1 Å². The lowest BCUT2D eigenvalue weighted by Crippen LogP contribution is -2.14. The molecule has 0 unspecified atom stereocenters. The molecular formula is C24H16Cl4N2O2. The van der Waals surface area contributed by atoms with Crippen molar-refractivity contribution >= 4 is 64.1 Å². The number of nitriles is 1. The van der Waals surface area contributed by atoms with Crippen molar-refractivity contribution in [1.82, 2.24) is 0 Å². The molecule has 3 rings (SSSR count). The summed E-state index contributed by atoms with van der Waals surface area (Å²) in [6.07, 6.45) is 1.39. The summed E-state index contributed by atoms with van der Waals surface area (Å²) in [6.45, 7) is 2.05. The molecule has 0 aromatic heterocycles. The van der Waals surface area contributed by atoms with Crippen LogP contribution in [0.15, 0.2) is 60.2 Å². The molecule has 3 aromatic carbocycles. The van der Waals surface area contributed by atoms with E-state index in [9.17, 15) is 10.1 Å². The van der Waals surface area contributed by atoms with E-state index in [1.165, 1.54) is 6.08 Å². The number of hydrogen-bond acceptors (Lipinski definition) is 3. The van der Waals surface area contributed by atoms with Crippen LogP contribution in [0.2, 0.25) is 20.1 Å². The SMILES string of the molecule is Cc1cccc(Cl)c1NC(=O)/C(C#N)=C/c1cc(Cl)c(OCc2ccc(Cl)cc2)c(Cl)c1. The number of para-hydroxylation sites is 1. The first kappa shape index (κ1) is 24.0. The van der Waals surface area contributed by atoms with Gasteiger partial charge in [-0.15, -0.1) is 0 Å². The fraction of sp³-hybridized carbons (Fsp3) is 0.0833. The van der Waals surface area contributed by atoms with Gasteiger partial charge >= 0.3 is 0 Å². The first-order chi connectivity index (χ1) is 15.3. The Hall–Kier alpha value is -2.68. The van der Waals surface area contributed by atoms with Crippen molar-refractivity contribution in [3.8, 4) is 11.8 Å². The van der Waals surface area contributed by atoms with Crippen LogP contribution in [0.3, 0.4) is 0 Å². The molecule has 32 heavy (non-hydrogen) atoms. The minimum atomic E-state index is -0.598. The van der Waals surface area contributed by atoms with Crippen LogP contribution in [-0.2, 0) is 11.4 Å². The number of hydrogen-bond donors (Lipinski definition) is 1. The zero-order chi connectivity index (χ0) is 23.3. The first-order valence-electron chi connectivity index (χ1n) is 9.33. The van der Waals surface area contributed by atoms with E-state index >= 15 is 0 Å². The highest BCUT2D eigenvalue weighted by Gasteiger charge is 2.15. The Morgan fingerprint density at radius 2 is 1.69 bits per heavy atom. The van der Waals surface area contributed by atoms with Gasteiger partial charge in [-0.3, -0.25) is 4.79 Å². The third kappa shape index (κ3) is 5.97. The minimum absolute atomic E-state index is 0.133. The Bertz CT molecular complexity index is 1190. The number of carbonyl (C=O) groups is 1. The highest BCUT2D eigenvalue weighted by molar-refractivity contribution is 6.37. The third-order valence-corrected chi connectivity index (χ3v) is 5.58. The van der Waals surface area contributed by atoms with Gasteiger partial charge in [-0.25, -0.2) is 0 Å². The Morgan fingerprint density at radius 3 is 2.28 bits per heavy atom. The molecule has 0 saturated heterocycles. The number of rotatable bonds is 6. The number of nitrogens with zero attached hydrogens (tertiary/aromatic N) is 1. The number of aryl methyl sites for hydroxylation is 1. The van der Waals surface area contributed by atoms with E-state index in [4.69, 9.17) is 51.1 Å². The summed E-state index contributed by atoms with van der Waals surface area (Å²) in [4.78, 5) is 12.6. The summed E-state index contributed by atoms with van der Waals surface area (Å²) in [5.74, 6) is -0.297. The average molecular weight is 506 g/mol. The van der Waals surface area contributed by atoms with Gasteiger partial charge in [0.15, 0.2) is 5.75 Å². The Kier molecular flexibility index (Phi) is 8.06. The third-order valence-electron chi connectivity index (χ3n) is 4.45. The van der Waals surface area contributed by atoms with Gasteiger partial charge in [0.25, 0.3) is 5.91 Å². The second-order valence-electron chi connectivity index (χ2n) is 6.78. The van der Waals surface area contributed by atoms with Crippen LogP contribution in [0.1, 0.15) is 16.7 Å². The maximum absolute atomic E-state index is 12.6. The topological polar surface area (TPSA) is 62.1 Å². The molecule has 0 atom stereocenters. The van der Waals surface area contributed by atoms with Crippen molar-refractivity contribution < 1.29 is 9.53 Å². The number of ether oxygens (including phenoxy) is 1. The molecule has 4 nitrogen and oxygen atoms in total. The van der Waals surface area contributed by atoms with Crippen LogP contribution in [0.25, 0.3) is 6.08 Å². The highest BCUT2D eigenvalue weighted by Crippen LogP contribution is 2.35. The zero-order valence-corrected chi connectivity index (χ0v) is 19.8. The number of anilines is 1. The molecular weight excluding hydrogens is 490 g/mol. The number of carbonyl (C=O) groups excluding carboxylic acids is 1. The minimum Gasteiger partial charge on any atom is -0.486 e. The molecule has 0 spiro atoms.